The van der Waals surface area contributed by atoms with Gasteiger partial charge in [0.05, 0.1) is 13.4 Å². The van der Waals surface area contributed by atoms with E-state index in [1.165, 1.54) is 0 Å². The summed E-state index contributed by atoms with van der Waals surface area (Å²) < 4.78 is 5.07. The van der Waals surface area contributed by atoms with Crippen LogP contribution in [0.3, 0.4) is 0 Å². The molecule has 14 heavy (non-hydrogen) atoms. The molecular weight excluding hydrogens is 186 g/mol. The first-order valence-electron chi connectivity index (χ1n) is 4.73. The van der Waals surface area contributed by atoms with Crippen LogP contribution in [0.2, 0.25) is 0 Å². The molecule has 0 bridgehead atoms. The number of hydrogen-bond donors (Lipinski definition) is 4. The van der Waals surface area contributed by atoms with Crippen LogP contribution in [0.5, 0.6) is 0 Å². The van der Waals surface area contributed by atoms with Crippen molar-refractivity contribution < 1.29 is 14.6 Å². The van der Waals surface area contributed by atoms with E-state index < -0.39 is 6.09 Å². The highest BCUT2D eigenvalue weighted by Crippen LogP contribution is 1.73. The van der Waals surface area contributed by atoms with Crippen LogP contribution in [-0.2, 0) is 4.74 Å². The summed E-state index contributed by atoms with van der Waals surface area (Å²) in [6.45, 7) is 5.17. The maximum atomic E-state index is 10.0. The normalized spacial score (nSPS) is 10.1. The SMILES string of the molecule is CCOCNCCCNCNC(=O)O. The Morgan fingerprint density at radius 2 is 2.07 bits per heavy atom. The summed E-state index contributed by atoms with van der Waals surface area (Å²) in [7, 11) is 0. The van der Waals surface area contributed by atoms with Crippen molar-refractivity contribution in [2.24, 2.45) is 0 Å². The molecule has 0 aliphatic carbocycles. The summed E-state index contributed by atoms with van der Waals surface area (Å²) in [5.41, 5.74) is 0. The lowest BCUT2D eigenvalue weighted by molar-refractivity contribution is 0.129. The average molecular weight is 205 g/mol. The highest BCUT2D eigenvalue weighted by atomic mass is 16.5. The molecule has 0 radical (unpaired) electrons. The Labute approximate surface area is 84.0 Å². The summed E-state index contributed by atoms with van der Waals surface area (Å²) in [6, 6.07) is 0. The number of carboxylic acid groups (broad SMARTS) is 1. The number of ether oxygens (including phenoxy) is 1. The zero-order valence-corrected chi connectivity index (χ0v) is 8.51. The van der Waals surface area contributed by atoms with Crippen LogP contribution in [0.15, 0.2) is 0 Å². The zero-order valence-electron chi connectivity index (χ0n) is 8.51. The first-order valence-corrected chi connectivity index (χ1v) is 4.73. The molecule has 0 saturated heterocycles. The van der Waals surface area contributed by atoms with Gasteiger partial charge in [0.1, 0.15) is 0 Å². The number of nitrogens with one attached hydrogen (secondary N) is 3. The topological polar surface area (TPSA) is 82.6 Å². The first-order chi connectivity index (χ1) is 6.77. The van der Waals surface area contributed by atoms with Gasteiger partial charge in [-0.1, -0.05) is 0 Å². The van der Waals surface area contributed by atoms with Crippen LogP contribution in [0, 0.1) is 0 Å². The average Bonchev–Trinajstić information content (AvgIpc) is 2.15. The van der Waals surface area contributed by atoms with Gasteiger partial charge < -0.3 is 15.2 Å². The molecule has 6 nitrogen and oxygen atoms in total. The summed E-state index contributed by atoms with van der Waals surface area (Å²) in [6.07, 6.45) is -0.0686. The highest BCUT2D eigenvalue weighted by molar-refractivity contribution is 5.64. The quantitative estimate of drug-likeness (QED) is 0.309. The molecular formula is C8H19N3O3. The molecule has 0 aliphatic rings. The minimum Gasteiger partial charge on any atom is -0.465 e. The van der Waals surface area contributed by atoms with Gasteiger partial charge in [-0.25, -0.2) is 4.79 Å². The molecule has 0 fully saturated rings. The van der Waals surface area contributed by atoms with Crippen molar-refractivity contribution in [3.8, 4) is 0 Å². The Hall–Kier alpha value is -0.850. The van der Waals surface area contributed by atoms with Gasteiger partial charge in [0.25, 0.3) is 0 Å². The zero-order chi connectivity index (χ0) is 10.6. The lowest BCUT2D eigenvalue weighted by Crippen LogP contribution is -2.34. The molecule has 0 unspecified atom stereocenters. The van der Waals surface area contributed by atoms with E-state index in [0.717, 1.165) is 19.5 Å². The number of amides is 1. The van der Waals surface area contributed by atoms with E-state index in [4.69, 9.17) is 9.84 Å². The van der Waals surface area contributed by atoms with Crippen molar-refractivity contribution in [1.29, 1.82) is 0 Å². The summed E-state index contributed by atoms with van der Waals surface area (Å²) in [5, 5.41) is 16.5. The van der Waals surface area contributed by atoms with Crippen molar-refractivity contribution >= 4 is 6.09 Å². The van der Waals surface area contributed by atoms with Gasteiger partial charge in [0.2, 0.25) is 0 Å². The van der Waals surface area contributed by atoms with E-state index >= 15 is 0 Å². The molecule has 0 aromatic carbocycles. The molecule has 0 atom stereocenters. The predicted octanol–water partition coefficient (Wildman–Crippen LogP) is -0.225. The van der Waals surface area contributed by atoms with E-state index in [1.54, 1.807) is 0 Å². The first kappa shape index (κ1) is 13.2. The van der Waals surface area contributed by atoms with Crippen LogP contribution in [0.4, 0.5) is 4.79 Å². The van der Waals surface area contributed by atoms with E-state index in [-0.39, 0.29) is 0 Å². The van der Waals surface area contributed by atoms with Crippen LogP contribution in [0.25, 0.3) is 0 Å². The van der Waals surface area contributed by atoms with Gasteiger partial charge >= 0.3 is 6.09 Å². The van der Waals surface area contributed by atoms with Crippen LogP contribution in [-0.4, -0.2) is 44.3 Å². The third kappa shape index (κ3) is 11.2. The molecule has 0 saturated carbocycles. The summed E-state index contributed by atoms with van der Waals surface area (Å²) in [4.78, 5) is 10.0. The van der Waals surface area contributed by atoms with Crippen molar-refractivity contribution in [2.75, 3.05) is 33.1 Å². The fourth-order valence-corrected chi connectivity index (χ4v) is 0.811. The number of carbonyl (C=O) groups is 1. The lowest BCUT2D eigenvalue weighted by Gasteiger charge is -2.05. The lowest BCUT2D eigenvalue weighted by atomic mass is 10.4. The second kappa shape index (κ2) is 10.2. The van der Waals surface area contributed by atoms with Crippen molar-refractivity contribution in [3.63, 3.8) is 0 Å². The van der Waals surface area contributed by atoms with Gasteiger partial charge in [-0.15, -0.1) is 0 Å². The third-order valence-corrected chi connectivity index (χ3v) is 1.48. The predicted molar refractivity (Wildman–Crippen MR) is 53.1 cm³/mol. The Balaban J connectivity index is 2.88. The largest absolute Gasteiger partial charge is 0.465 e. The molecule has 0 aromatic rings. The van der Waals surface area contributed by atoms with Gasteiger partial charge in [-0.05, 0) is 26.4 Å². The van der Waals surface area contributed by atoms with Crippen molar-refractivity contribution in [3.05, 3.63) is 0 Å². The van der Waals surface area contributed by atoms with Crippen LogP contribution < -0.4 is 16.0 Å². The molecule has 0 heterocycles. The minimum atomic E-state index is -1.01. The highest BCUT2D eigenvalue weighted by Gasteiger charge is 1.91. The fraction of sp³-hybridized carbons (Fsp3) is 0.875. The van der Waals surface area contributed by atoms with Crippen molar-refractivity contribution in [2.45, 2.75) is 13.3 Å². The van der Waals surface area contributed by atoms with Gasteiger partial charge in [0, 0.05) is 6.61 Å². The van der Waals surface area contributed by atoms with Crippen LogP contribution in [0.1, 0.15) is 13.3 Å². The smallest absolute Gasteiger partial charge is 0.405 e. The van der Waals surface area contributed by atoms with E-state index in [9.17, 15) is 4.79 Å². The standard InChI is InChI=1S/C8H19N3O3/c1-2-14-7-10-5-3-4-9-6-11-8(12)13/h9-11H,2-7H2,1H3,(H,12,13). The Kier molecular flexibility index (Phi) is 9.61. The summed E-state index contributed by atoms with van der Waals surface area (Å²) >= 11 is 0. The molecule has 0 rings (SSSR count). The van der Waals surface area contributed by atoms with Crippen molar-refractivity contribution in [1.82, 2.24) is 16.0 Å². The van der Waals surface area contributed by atoms with Gasteiger partial charge in [0.15, 0.2) is 0 Å². The Bertz CT molecular complexity index is 144. The molecule has 0 spiro atoms. The number of rotatable bonds is 9. The number of hydrogen-bond acceptors (Lipinski definition) is 4. The molecule has 4 N–H and O–H groups in total. The van der Waals surface area contributed by atoms with E-state index in [0.29, 0.717) is 20.0 Å². The molecule has 0 aliphatic heterocycles. The monoisotopic (exact) mass is 205 g/mol. The van der Waals surface area contributed by atoms with E-state index in [1.807, 2.05) is 6.92 Å². The summed E-state index contributed by atoms with van der Waals surface area (Å²) in [5.74, 6) is 0. The van der Waals surface area contributed by atoms with Gasteiger partial charge in [-0.2, -0.15) is 0 Å². The maximum absolute atomic E-state index is 10.0. The Morgan fingerprint density at radius 3 is 2.71 bits per heavy atom. The third-order valence-electron chi connectivity index (χ3n) is 1.48. The molecule has 0 aromatic heterocycles. The molecule has 1 amide bonds. The van der Waals surface area contributed by atoms with Gasteiger partial charge in [-0.3, -0.25) is 10.6 Å². The van der Waals surface area contributed by atoms with Crippen LogP contribution >= 0.6 is 0 Å². The minimum absolute atomic E-state index is 0.292. The molecule has 84 valence electrons. The molecule has 6 heteroatoms. The second-order valence-electron chi connectivity index (χ2n) is 2.65. The maximum Gasteiger partial charge on any atom is 0.405 e. The fourth-order valence-electron chi connectivity index (χ4n) is 0.811. The van der Waals surface area contributed by atoms with E-state index in [2.05, 4.69) is 16.0 Å². The second-order valence-corrected chi connectivity index (χ2v) is 2.65. The Morgan fingerprint density at radius 1 is 1.36 bits per heavy atom.